The molecular weight excluding hydrogens is 238 g/mol. The summed E-state index contributed by atoms with van der Waals surface area (Å²) in [5.41, 5.74) is 6.79. The molecule has 0 aliphatic carbocycles. The largest absolute Gasteiger partial charge is 0.489 e. The summed E-state index contributed by atoms with van der Waals surface area (Å²) in [6.45, 7) is 4.85. The highest BCUT2D eigenvalue weighted by Crippen LogP contribution is 2.30. The summed E-state index contributed by atoms with van der Waals surface area (Å²) in [4.78, 5) is 6.22. The highest BCUT2D eigenvalue weighted by Gasteiger charge is 2.21. The van der Waals surface area contributed by atoms with E-state index in [0.717, 1.165) is 16.5 Å². The van der Waals surface area contributed by atoms with Crippen molar-refractivity contribution >= 4 is 16.5 Å². The van der Waals surface area contributed by atoms with E-state index < -0.39 is 0 Å². The Morgan fingerprint density at radius 1 is 1.26 bits per heavy atom. The molecule has 0 aliphatic heterocycles. The molecule has 0 unspecified atom stereocenters. The Morgan fingerprint density at radius 2 is 2.00 bits per heavy atom. The summed E-state index contributed by atoms with van der Waals surface area (Å²) in [6.07, 6.45) is 3.55. The molecule has 19 heavy (non-hydrogen) atoms. The van der Waals surface area contributed by atoms with Gasteiger partial charge in [0.25, 0.3) is 0 Å². The number of nitrogen functional groups attached to an aromatic ring is 1. The van der Waals surface area contributed by atoms with Crippen molar-refractivity contribution in [2.75, 3.05) is 26.4 Å². The molecule has 0 radical (unpaired) electrons. The van der Waals surface area contributed by atoms with Crippen LogP contribution in [-0.2, 0) is 0 Å². The van der Waals surface area contributed by atoms with E-state index in [9.17, 15) is 0 Å². The van der Waals surface area contributed by atoms with Crippen LogP contribution in [0, 0.1) is 0 Å². The van der Waals surface area contributed by atoms with Crippen molar-refractivity contribution in [3.05, 3.63) is 30.6 Å². The standard InChI is InChI=1S/C15H21N3O/c1-15(2,18(3)4)10-19-13-6-5-11-9-17-8-7-12(11)14(13)16/h5-9H,10,16H2,1-4H3. The van der Waals surface area contributed by atoms with E-state index in [-0.39, 0.29) is 5.54 Å². The number of benzene rings is 1. The third-order valence-corrected chi connectivity index (χ3v) is 3.61. The number of ether oxygens (including phenoxy) is 1. The van der Waals surface area contributed by atoms with Crippen LogP contribution in [0.25, 0.3) is 10.8 Å². The topological polar surface area (TPSA) is 51.4 Å². The lowest BCUT2D eigenvalue weighted by molar-refractivity contribution is 0.114. The SMILES string of the molecule is CN(C)C(C)(C)COc1ccc2cnccc2c1N. The lowest BCUT2D eigenvalue weighted by Crippen LogP contribution is -2.43. The molecule has 0 bridgehead atoms. The quantitative estimate of drug-likeness (QED) is 0.857. The monoisotopic (exact) mass is 259 g/mol. The number of pyridine rings is 1. The molecule has 0 aliphatic rings. The number of hydrogen-bond acceptors (Lipinski definition) is 4. The van der Waals surface area contributed by atoms with E-state index in [2.05, 4.69) is 23.7 Å². The summed E-state index contributed by atoms with van der Waals surface area (Å²) < 4.78 is 5.88. The van der Waals surface area contributed by atoms with Gasteiger partial charge in [-0.3, -0.25) is 4.98 Å². The fourth-order valence-electron chi connectivity index (χ4n) is 1.68. The van der Waals surface area contributed by atoms with Gasteiger partial charge in [-0.15, -0.1) is 0 Å². The Labute approximate surface area is 114 Å². The van der Waals surface area contributed by atoms with Crippen molar-refractivity contribution in [1.82, 2.24) is 9.88 Å². The van der Waals surface area contributed by atoms with Crippen LogP contribution >= 0.6 is 0 Å². The molecule has 0 spiro atoms. The van der Waals surface area contributed by atoms with Gasteiger partial charge in [0.05, 0.1) is 5.69 Å². The first-order valence-corrected chi connectivity index (χ1v) is 6.34. The number of fused-ring (bicyclic) bond motifs is 1. The minimum Gasteiger partial charge on any atom is -0.489 e. The van der Waals surface area contributed by atoms with Gasteiger partial charge in [0.1, 0.15) is 12.4 Å². The van der Waals surface area contributed by atoms with Gasteiger partial charge in [0.2, 0.25) is 0 Å². The van der Waals surface area contributed by atoms with E-state index in [4.69, 9.17) is 10.5 Å². The molecule has 2 aromatic rings. The molecule has 2 rings (SSSR count). The Hall–Kier alpha value is -1.81. The Bertz CT molecular complexity index is 579. The summed E-state index contributed by atoms with van der Waals surface area (Å²) in [7, 11) is 4.08. The fraction of sp³-hybridized carbons (Fsp3) is 0.400. The zero-order valence-corrected chi connectivity index (χ0v) is 12.0. The van der Waals surface area contributed by atoms with Crippen molar-refractivity contribution in [3.8, 4) is 5.75 Å². The van der Waals surface area contributed by atoms with Gasteiger partial charge < -0.3 is 15.4 Å². The highest BCUT2D eigenvalue weighted by atomic mass is 16.5. The average molecular weight is 259 g/mol. The zero-order valence-electron chi connectivity index (χ0n) is 12.0. The smallest absolute Gasteiger partial charge is 0.142 e. The van der Waals surface area contributed by atoms with E-state index in [1.165, 1.54) is 0 Å². The molecule has 2 N–H and O–H groups in total. The van der Waals surface area contributed by atoms with E-state index in [0.29, 0.717) is 12.3 Å². The van der Waals surface area contributed by atoms with Crippen molar-refractivity contribution in [2.24, 2.45) is 0 Å². The molecule has 0 saturated heterocycles. The minimum absolute atomic E-state index is 0.0420. The van der Waals surface area contributed by atoms with Gasteiger partial charge in [-0.2, -0.15) is 0 Å². The maximum Gasteiger partial charge on any atom is 0.142 e. The van der Waals surface area contributed by atoms with Crippen LogP contribution in [-0.4, -0.2) is 36.1 Å². The van der Waals surface area contributed by atoms with Crippen LogP contribution in [0.4, 0.5) is 5.69 Å². The second-order valence-electron chi connectivity index (χ2n) is 5.57. The fourth-order valence-corrected chi connectivity index (χ4v) is 1.68. The van der Waals surface area contributed by atoms with Crippen molar-refractivity contribution in [3.63, 3.8) is 0 Å². The Balaban J connectivity index is 2.25. The molecule has 102 valence electrons. The molecule has 4 heteroatoms. The number of aromatic nitrogens is 1. The summed E-state index contributed by atoms with van der Waals surface area (Å²) in [5, 5.41) is 2.01. The number of nitrogens with zero attached hydrogens (tertiary/aromatic N) is 2. The molecule has 0 amide bonds. The van der Waals surface area contributed by atoms with Crippen LogP contribution in [0.5, 0.6) is 5.75 Å². The molecule has 1 aromatic heterocycles. The molecular formula is C15H21N3O. The van der Waals surface area contributed by atoms with Gasteiger partial charge in [-0.25, -0.2) is 0 Å². The van der Waals surface area contributed by atoms with Crippen molar-refractivity contribution in [1.29, 1.82) is 0 Å². The predicted octanol–water partition coefficient (Wildman–Crippen LogP) is 2.54. The highest BCUT2D eigenvalue weighted by molar-refractivity contribution is 5.95. The van der Waals surface area contributed by atoms with Crippen LogP contribution < -0.4 is 10.5 Å². The zero-order chi connectivity index (χ0) is 14.0. The molecule has 0 fully saturated rings. The first-order chi connectivity index (χ1) is 8.92. The number of rotatable bonds is 4. The Kier molecular flexibility index (Phi) is 3.62. The number of nitrogens with two attached hydrogens (primary N) is 1. The maximum atomic E-state index is 6.16. The van der Waals surface area contributed by atoms with Crippen LogP contribution in [0.15, 0.2) is 30.6 Å². The average Bonchev–Trinajstić information content (AvgIpc) is 2.38. The molecule has 4 nitrogen and oxygen atoms in total. The third kappa shape index (κ3) is 2.79. The molecule has 0 atom stereocenters. The summed E-state index contributed by atoms with van der Waals surface area (Å²) in [6, 6.07) is 5.80. The number of likely N-dealkylation sites (N-methyl/N-ethyl adjacent to an activating group) is 1. The van der Waals surface area contributed by atoms with Crippen LogP contribution in [0.1, 0.15) is 13.8 Å². The lowest BCUT2D eigenvalue weighted by Gasteiger charge is -2.32. The number of anilines is 1. The predicted molar refractivity (Wildman–Crippen MR) is 79.4 cm³/mol. The van der Waals surface area contributed by atoms with Gasteiger partial charge in [0, 0.05) is 28.7 Å². The molecule has 0 saturated carbocycles. The summed E-state index contributed by atoms with van der Waals surface area (Å²) in [5.74, 6) is 0.730. The Morgan fingerprint density at radius 3 is 2.68 bits per heavy atom. The normalized spacial score (nSPS) is 12.1. The van der Waals surface area contributed by atoms with Gasteiger partial charge in [-0.05, 0) is 46.1 Å². The van der Waals surface area contributed by atoms with Crippen LogP contribution in [0.2, 0.25) is 0 Å². The van der Waals surface area contributed by atoms with Gasteiger partial charge in [-0.1, -0.05) is 0 Å². The molecule has 1 aromatic carbocycles. The minimum atomic E-state index is -0.0420. The number of hydrogen-bond donors (Lipinski definition) is 1. The van der Waals surface area contributed by atoms with Crippen molar-refractivity contribution in [2.45, 2.75) is 19.4 Å². The van der Waals surface area contributed by atoms with E-state index in [1.807, 2.05) is 32.3 Å². The third-order valence-electron chi connectivity index (χ3n) is 3.61. The van der Waals surface area contributed by atoms with Gasteiger partial charge >= 0.3 is 0 Å². The summed E-state index contributed by atoms with van der Waals surface area (Å²) >= 11 is 0. The van der Waals surface area contributed by atoms with Crippen LogP contribution in [0.3, 0.4) is 0 Å². The van der Waals surface area contributed by atoms with E-state index in [1.54, 1.807) is 12.4 Å². The lowest BCUT2D eigenvalue weighted by atomic mass is 10.1. The van der Waals surface area contributed by atoms with E-state index >= 15 is 0 Å². The maximum absolute atomic E-state index is 6.16. The molecule has 1 heterocycles. The van der Waals surface area contributed by atoms with Crippen molar-refractivity contribution < 1.29 is 4.74 Å². The first-order valence-electron chi connectivity index (χ1n) is 6.34. The second-order valence-corrected chi connectivity index (χ2v) is 5.57. The van der Waals surface area contributed by atoms with Gasteiger partial charge in [0.15, 0.2) is 0 Å². The first kappa shape index (κ1) is 13.6. The second kappa shape index (κ2) is 5.05.